The van der Waals surface area contributed by atoms with Crippen molar-refractivity contribution in [3.05, 3.63) is 35.9 Å². The van der Waals surface area contributed by atoms with Gasteiger partial charge in [0.1, 0.15) is 6.10 Å². The summed E-state index contributed by atoms with van der Waals surface area (Å²) in [5, 5.41) is 12.5. The molecule has 0 saturated carbocycles. The highest BCUT2D eigenvalue weighted by molar-refractivity contribution is 5.80. The summed E-state index contributed by atoms with van der Waals surface area (Å²) in [6, 6.07) is 9.45. The van der Waals surface area contributed by atoms with Gasteiger partial charge in [-0.2, -0.15) is 0 Å². The van der Waals surface area contributed by atoms with E-state index in [2.05, 4.69) is 5.32 Å². The molecule has 2 unspecified atom stereocenters. The van der Waals surface area contributed by atoms with Crippen LogP contribution in [-0.4, -0.2) is 43.2 Å². The molecule has 5 heteroatoms. The molecule has 116 valence electrons. The number of benzene rings is 1. The Hall–Kier alpha value is -1.43. The molecule has 0 aromatic heterocycles. The number of rotatable bonds is 7. The van der Waals surface area contributed by atoms with E-state index >= 15 is 0 Å². The highest BCUT2D eigenvalue weighted by atomic mass is 16.7. The van der Waals surface area contributed by atoms with Crippen molar-refractivity contribution < 1.29 is 19.4 Å². The lowest BCUT2D eigenvalue weighted by atomic mass is 10.1. The smallest absolute Gasteiger partial charge is 0.249 e. The SMILES string of the molecule is O=C(NCCOC1CCCCO1)C(O)Cc1ccccc1. The third-order valence-corrected chi connectivity index (χ3v) is 3.42. The lowest BCUT2D eigenvalue weighted by Gasteiger charge is -2.22. The van der Waals surface area contributed by atoms with E-state index in [1.54, 1.807) is 0 Å². The summed E-state index contributed by atoms with van der Waals surface area (Å²) in [5.41, 5.74) is 0.937. The fourth-order valence-corrected chi connectivity index (χ4v) is 2.26. The molecule has 1 fully saturated rings. The van der Waals surface area contributed by atoms with Crippen LogP contribution in [0.25, 0.3) is 0 Å². The highest BCUT2D eigenvalue weighted by Crippen LogP contribution is 2.13. The number of carbonyl (C=O) groups excluding carboxylic acids is 1. The molecule has 2 atom stereocenters. The molecule has 1 aliphatic rings. The van der Waals surface area contributed by atoms with Gasteiger partial charge in [0.2, 0.25) is 5.91 Å². The van der Waals surface area contributed by atoms with Crippen LogP contribution in [0.3, 0.4) is 0 Å². The van der Waals surface area contributed by atoms with E-state index < -0.39 is 6.10 Å². The van der Waals surface area contributed by atoms with Crippen LogP contribution in [0.4, 0.5) is 0 Å². The maximum atomic E-state index is 11.8. The first-order chi connectivity index (χ1) is 10.3. The first kappa shape index (κ1) is 15.9. The molecule has 2 rings (SSSR count). The van der Waals surface area contributed by atoms with Crippen molar-refractivity contribution in [2.45, 2.75) is 38.1 Å². The molecule has 1 aromatic carbocycles. The number of hydrogen-bond donors (Lipinski definition) is 2. The van der Waals surface area contributed by atoms with Gasteiger partial charge in [0.05, 0.1) is 6.61 Å². The zero-order valence-electron chi connectivity index (χ0n) is 12.2. The fraction of sp³-hybridized carbons (Fsp3) is 0.562. The van der Waals surface area contributed by atoms with Gasteiger partial charge in [-0.3, -0.25) is 4.79 Å². The van der Waals surface area contributed by atoms with E-state index in [1.807, 2.05) is 30.3 Å². The molecule has 1 amide bonds. The number of aliphatic hydroxyl groups is 1. The van der Waals surface area contributed by atoms with Gasteiger partial charge in [-0.1, -0.05) is 30.3 Å². The van der Waals surface area contributed by atoms with Crippen molar-refractivity contribution in [2.75, 3.05) is 19.8 Å². The van der Waals surface area contributed by atoms with Crippen LogP contribution in [0.1, 0.15) is 24.8 Å². The lowest BCUT2D eigenvalue weighted by Crippen LogP contribution is -2.38. The summed E-state index contributed by atoms with van der Waals surface area (Å²) >= 11 is 0. The first-order valence-electron chi connectivity index (χ1n) is 7.48. The second kappa shape index (κ2) is 8.77. The van der Waals surface area contributed by atoms with Crippen LogP contribution in [0.15, 0.2) is 30.3 Å². The van der Waals surface area contributed by atoms with Gasteiger partial charge in [0.15, 0.2) is 6.29 Å². The van der Waals surface area contributed by atoms with Gasteiger partial charge in [-0.25, -0.2) is 0 Å². The Balaban J connectivity index is 1.60. The number of ether oxygens (including phenoxy) is 2. The Bertz CT molecular complexity index is 418. The quantitative estimate of drug-likeness (QED) is 0.743. The van der Waals surface area contributed by atoms with E-state index in [0.717, 1.165) is 31.4 Å². The summed E-state index contributed by atoms with van der Waals surface area (Å²) in [6.07, 6.45) is 2.25. The van der Waals surface area contributed by atoms with Gasteiger partial charge < -0.3 is 19.9 Å². The maximum absolute atomic E-state index is 11.8. The van der Waals surface area contributed by atoms with Crippen molar-refractivity contribution >= 4 is 5.91 Å². The summed E-state index contributed by atoms with van der Waals surface area (Å²) in [6.45, 7) is 1.52. The van der Waals surface area contributed by atoms with E-state index in [9.17, 15) is 9.90 Å². The molecule has 0 radical (unpaired) electrons. The van der Waals surface area contributed by atoms with E-state index in [0.29, 0.717) is 19.6 Å². The number of hydrogen-bond acceptors (Lipinski definition) is 4. The molecule has 0 spiro atoms. The molecule has 1 aliphatic heterocycles. The highest BCUT2D eigenvalue weighted by Gasteiger charge is 2.16. The van der Waals surface area contributed by atoms with Crippen molar-refractivity contribution in [2.24, 2.45) is 0 Å². The molecule has 5 nitrogen and oxygen atoms in total. The minimum Gasteiger partial charge on any atom is -0.383 e. The predicted octanol–water partition coefficient (Wildman–Crippen LogP) is 1.25. The second-order valence-electron chi connectivity index (χ2n) is 5.16. The minimum atomic E-state index is -1.03. The fourth-order valence-electron chi connectivity index (χ4n) is 2.26. The molecule has 1 saturated heterocycles. The topological polar surface area (TPSA) is 67.8 Å². The number of nitrogens with one attached hydrogen (secondary N) is 1. The molecule has 21 heavy (non-hydrogen) atoms. The zero-order valence-corrected chi connectivity index (χ0v) is 12.2. The first-order valence-corrected chi connectivity index (χ1v) is 7.48. The van der Waals surface area contributed by atoms with Crippen molar-refractivity contribution in [1.82, 2.24) is 5.32 Å². The van der Waals surface area contributed by atoms with Gasteiger partial charge in [0, 0.05) is 19.6 Å². The second-order valence-corrected chi connectivity index (χ2v) is 5.16. The summed E-state index contributed by atoms with van der Waals surface area (Å²) < 4.78 is 10.9. The van der Waals surface area contributed by atoms with Gasteiger partial charge in [-0.15, -0.1) is 0 Å². The van der Waals surface area contributed by atoms with Gasteiger partial charge >= 0.3 is 0 Å². The van der Waals surface area contributed by atoms with Crippen LogP contribution in [0, 0.1) is 0 Å². The van der Waals surface area contributed by atoms with Crippen LogP contribution >= 0.6 is 0 Å². The van der Waals surface area contributed by atoms with E-state index in [1.165, 1.54) is 0 Å². The summed E-state index contributed by atoms with van der Waals surface area (Å²) in [7, 11) is 0. The van der Waals surface area contributed by atoms with Crippen molar-refractivity contribution in [1.29, 1.82) is 0 Å². The Morgan fingerprint density at radius 1 is 1.38 bits per heavy atom. The number of carbonyl (C=O) groups is 1. The van der Waals surface area contributed by atoms with Crippen LogP contribution in [-0.2, 0) is 20.7 Å². The number of amides is 1. The Morgan fingerprint density at radius 2 is 2.19 bits per heavy atom. The molecule has 0 aliphatic carbocycles. The normalized spacial score (nSPS) is 20.0. The monoisotopic (exact) mass is 293 g/mol. The lowest BCUT2D eigenvalue weighted by molar-refractivity contribution is -0.162. The van der Waals surface area contributed by atoms with E-state index in [4.69, 9.17) is 9.47 Å². The molecular weight excluding hydrogens is 270 g/mol. The van der Waals surface area contributed by atoms with Crippen molar-refractivity contribution in [3.8, 4) is 0 Å². The average Bonchev–Trinajstić information content (AvgIpc) is 2.53. The third-order valence-electron chi connectivity index (χ3n) is 3.42. The standard InChI is InChI=1S/C16H23NO4/c18-14(12-13-6-2-1-3-7-13)16(19)17-9-11-21-15-8-4-5-10-20-15/h1-3,6-7,14-15,18H,4-5,8-12H2,(H,17,19). The summed E-state index contributed by atoms with van der Waals surface area (Å²) in [4.78, 5) is 11.8. The molecule has 1 heterocycles. The Labute approximate surface area is 125 Å². The zero-order chi connectivity index (χ0) is 14.9. The number of aliphatic hydroxyl groups excluding tert-OH is 1. The van der Waals surface area contributed by atoms with Crippen LogP contribution < -0.4 is 5.32 Å². The van der Waals surface area contributed by atoms with Crippen LogP contribution in [0.2, 0.25) is 0 Å². The third kappa shape index (κ3) is 5.83. The molecular formula is C16H23NO4. The molecule has 0 bridgehead atoms. The Kier molecular flexibility index (Phi) is 6.66. The summed E-state index contributed by atoms with van der Waals surface area (Å²) in [5.74, 6) is -0.369. The predicted molar refractivity (Wildman–Crippen MR) is 78.7 cm³/mol. The molecule has 2 N–H and O–H groups in total. The van der Waals surface area contributed by atoms with E-state index in [-0.39, 0.29) is 12.2 Å². The average molecular weight is 293 g/mol. The maximum Gasteiger partial charge on any atom is 0.249 e. The van der Waals surface area contributed by atoms with Gasteiger partial charge in [-0.05, 0) is 24.8 Å². The largest absolute Gasteiger partial charge is 0.383 e. The molecule has 1 aromatic rings. The van der Waals surface area contributed by atoms with Crippen molar-refractivity contribution in [3.63, 3.8) is 0 Å². The van der Waals surface area contributed by atoms with Gasteiger partial charge in [0.25, 0.3) is 0 Å². The minimum absolute atomic E-state index is 0.148. The van der Waals surface area contributed by atoms with Crippen LogP contribution in [0.5, 0.6) is 0 Å². The Morgan fingerprint density at radius 3 is 2.90 bits per heavy atom.